The summed E-state index contributed by atoms with van der Waals surface area (Å²) in [6.07, 6.45) is 1.58. The van der Waals surface area contributed by atoms with E-state index in [2.05, 4.69) is 44.9 Å². The van der Waals surface area contributed by atoms with E-state index in [0.29, 0.717) is 28.4 Å². The summed E-state index contributed by atoms with van der Waals surface area (Å²) in [5.74, 6) is 1.01. The van der Waals surface area contributed by atoms with Crippen molar-refractivity contribution in [2.24, 2.45) is 0 Å². The van der Waals surface area contributed by atoms with E-state index in [1.165, 1.54) is 11.1 Å². The topological polar surface area (TPSA) is 62.7 Å². The van der Waals surface area contributed by atoms with E-state index in [1.807, 2.05) is 12.1 Å². The third-order valence-electron chi connectivity index (χ3n) is 3.46. The molecule has 0 unspecified atom stereocenters. The summed E-state index contributed by atoms with van der Waals surface area (Å²) in [6, 6.07) is 13.4. The van der Waals surface area contributed by atoms with Crippen molar-refractivity contribution in [1.29, 1.82) is 0 Å². The highest BCUT2D eigenvalue weighted by atomic mass is 35.5. The average Bonchev–Trinajstić information content (AvgIpc) is 2.58. The second kappa shape index (κ2) is 7.47. The lowest BCUT2D eigenvalue weighted by molar-refractivity contribution is 0.964. The molecule has 3 rings (SSSR count). The van der Waals surface area contributed by atoms with Crippen LogP contribution >= 0.6 is 23.2 Å². The van der Waals surface area contributed by atoms with Crippen molar-refractivity contribution in [3.63, 3.8) is 0 Å². The van der Waals surface area contributed by atoms with Crippen LogP contribution in [-0.4, -0.2) is 15.2 Å². The zero-order valence-electron chi connectivity index (χ0n) is 12.9. The molecule has 3 aromatic rings. The molecular weight excluding hydrogens is 345 g/mol. The molecule has 2 aromatic carbocycles. The molecular formula is C17H15Cl2N5. The van der Waals surface area contributed by atoms with Crippen molar-refractivity contribution in [3.05, 3.63) is 69.8 Å². The average molecular weight is 360 g/mol. The fourth-order valence-electron chi connectivity index (χ4n) is 2.14. The van der Waals surface area contributed by atoms with Crippen LogP contribution in [0.3, 0.4) is 0 Å². The van der Waals surface area contributed by atoms with Gasteiger partial charge in [-0.15, -0.1) is 5.10 Å². The number of aryl methyl sites for hydroxylation is 1. The standard InChI is InChI=1S/C17H15Cl2N5/c1-11-4-2-3-5-12(11)9-20-16-10-21-24-17(23-16)22-13-6-7-14(18)15(19)8-13/h2-8,10H,9H2,1H3,(H2,20,22,23,24). The van der Waals surface area contributed by atoms with E-state index >= 15 is 0 Å². The number of benzene rings is 2. The SMILES string of the molecule is Cc1ccccc1CNc1cnnc(Nc2ccc(Cl)c(Cl)c2)n1. The molecule has 0 aliphatic rings. The van der Waals surface area contributed by atoms with Gasteiger partial charge in [0.1, 0.15) is 0 Å². The Morgan fingerprint density at radius 2 is 1.88 bits per heavy atom. The third kappa shape index (κ3) is 4.13. The molecule has 0 bridgehead atoms. The summed E-state index contributed by atoms with van der Waals surface area (Å²) in [5.41, 5.74) is 3.17. The second-order valence-corrected chi connectivity index (χ2v) is 6.01. The van der Waals surface area contributed by atoms with Crippen LogP contribution in [0.4, 0.5) is 17.5 Å². The van der Waals surface area contributed by atoms with Gasteiger partial charge in [0, 0.05) is 12.2 Å². The molecule has 0 fully saturated rings. The van der Waals surface area contributed by atoms with Crippen LogP contribution in [0.2, 0.25) is 10.0 Å². The summed E-state index contributed by atoms with van der Waals surface area (Å²) >= 11 is 11.9. The lowest BCUT2D eigenvalue weighted by Crippen LogP contribution is -2.06. The Hall–Kier alpha value is -2.37. The highest BCUT2D eigenvalue weighted by Crippen LogP contribution is 2.26. The second-order valence-electron chi connectivity index (χ2n) is 5.20. The van der Waals surface area contributed by atoms with E-state index < -0.39 is 0 Å². The maximum atomic E-state index is 6.00. The zero-order chi connectivity index (χ0) is 16.9. The highest BCUT2D eigenvalue weighted by molar-refractivity contribution is 6.42. The Bertz CT molecular complexity index is 854. The van der Waals surface area contributed by atoms with Gasteiger partial charge in [-0.1, -0.05) is 47.5 Å². The first-order valence-electron chi connectivity index (χ1n) is 7.32. The van der Waals surface area contributed by atoms with Gasteiger partial charge >= 0.3 is 0 Å². The molecule has 122 valence electrons. The molecule has 0 saturated heterocycles. The smallest absolute Gasteiger partial charge is 0.249 e. The van der Waals surface area contributed by atoms with E-state index in [0.717, 1.165) is 5.69 Å². The molecule has 1 heterocycles. The number of nitrogens with zero attached hydrogens (tertiary/aromatic N) is 3. The van der Waals surface area contributed by atoms with Gasteiger partial charge in [0.05, 0.1) is 16.2 Å². The molecule has 0 aliphatic heterocycles. The molecule has 0 amide bonds. The molecule has 2 N–H and O–H groups in total. The largest absolute Gasteiger partial charge is 0.365 e. The van der Waals surface area contributed by atoms with Crippen LogP contribution in [0.25, 0.3) is 0 Å². The monoisotopic (exact) mass is 359 g/mol. The fraction of sp³-hybridized carbons (Fsp3) is 0.118. The Balaban J connectivity index is 1.69. The van der Waals surface area contributed by atoms with Crippen molar-refractivity contribution in [1.82, 2.24) is 15.2 Å². The number of rotatable bonds is 5. The van der Waals surface area contributed by atoms with E-state index in [9.17, 15) is 0 Å². The number of hydrogen-bond acceptors (Lipinski definition) is 5. The van der Waals surface area contributed by atoms with Crippen LogP contribution in [0.1, 0.15) is 11.1 Å². The molecule has 0 aliphatic carbocycles. The number of anilines is 3. The first-order valence-corrected chi connectivity index (χ1v) is 8.07. The van der Waals surface area contributed by atoms with Crippen molar-refractivity contribution >= 4 is 40.7 Å². The number of hydrogen-bond donors (Lipinski definition) is 2. The minimum atomic E-state index is 0.378. The molecule has 0 spiro atoms. The van der Waals surface area contributed by atoms with Gasteiger partial charge in [-0.25, -0.2) is 0 Å². The minimum absolute atomic E-state index is 0.378. The van der Waals surface area contributed by atoms with Crippen LogP contribution in [-0.2, 0) is 6.54 Å². The summed E-state index contributed by atoms with van der Waals surface area (Å²) < 4.78 is 0. The number of halogens is 2. The Morgan fingerprint density at radius 1 is 1.04 bits per heavy atom. The normalized spacial score (nSPS) is 10.5. The van der Waals surface area contributed by atoms with Gasteiger partial charge in [-0.05, 0) is 36.2 Å². The third-order valence-corrected chi connectivity index (χ3v) is 4.19. The summed E-state index contributed by atoms with van der Waals surface area (Å²) in [5, 5.41) is 15.2. The van der Waals surface area contributed by atoms with Crippen molar-refractivity contribution in [2.45, 2.75) is 13.5 Å². The molecule has 0 radical (unpaired) electrons. The molecule has 1 aromatic heterocycles. The van der Waals surface area contributed by atoms with Crippen LogP contribution in [0.15, 0.2) is 48.7 Å². The lowest BCUT2D eigenvalue weighted by atomic mass is 10.1. The predicted molar refractivity (Wildman–Crippen MR) is 98.1 cm³/mol. The Morgan fingerprint density at radius 3 is 2.67 bits per heavy atom. The molecule has 7 heteroatoms. The molecule has 0 saturated carbocycles. The molecule has 0 atom stereocenters. The first-order chi connectivity index (χ1) is 11.6. The summed E-state index contributed by atoms with van der Waals surface area (Å²) in [7, 11) is 0. The summed E-state index contributed by atoms with van der Waals surface area (Å²) in [6.45, 7) is 2.74. The first kappa shape index (κ1) is 16.5. The molecule has 24 heavy (non-hydrogen) atoms. The van der Waals surface area contributed by atoms with Gasteiger partial charge in [0.2, 0.25) is 5.95 Å². The van der Waals surface area contributed by atoms with Crippen LogP contribution in [0.5, 0.6) is 0 Å². The Kier molecular flexibility index (Phi) is 5.13. The summed E-state index contributed by atoms with van der Waals surface area (Å²) in [4.78, 5) is 4.39. The van der Waals surface area contributed by atoms with Crippen molar-refractivity contribution in [3.8, 4) is 0 Å². The van der Waals surface area contributed by atoms with Gasteiger partial charge < -0.3 is 10.6 Å². The Labute approximate surface area is 150 Å². The quantitative estimate of drug-likeness (QED) is 0.682. The van der Waals surface area contributed by atoms with E-state index in [1.54, 1.807) is 24.4 Å². The van der Waals surface area contributed by atoms with E-state index in [-0.39, 0.29) is 0 Å². The van der Waals surface area contributed by atoms with Gasteiger partial charge in [0.15, 0.2) is 5.82 Å². The highest BCUT2D eigenvalue weighted by Gasteiger charge is 2.04. The van der Waals surface area contributed by atoms with E-state index in [4.69, 9.17) is 23.2 Å². The predicted octanol–water partition coefficient (Wildman–Crippen LogP) is 4.84. The van der Waals surface area contributed by atoms with Crippen molar-refractivity contribution < 1.29 is 0 Å². The minimum Gasteiger partial charge on any atom is -0.365 e. The maximum absolute atomic E-state index is 6.00. The van der Waals surface area contributed by atoms with Gasteiger partial charge in [-0.3, -0.25) is 0 Å². The number of nitrogens with one attached hydrogen (secondary N) is 2. The zero-order valence-corrected chi connectivity index (χ0v) is 14.4. The number of aromatic nitrogens is 3. The molecule has 5 nitrogen and oxygen atoms in total. The maximum Gasteiger partial charge on any atom is 0.249 e. The van der Waals surface area contributed by atoms with Gasteiger partial charge in [-0.2, -0.15) is 10.1 Å². The van der Waals surface area contributed by atoms with Crippen molar-refractivity contribution in [2.75, 3.05) is 10.6 Å². The van der Waals surface area contributed by atoms with Gasteiger partial charge in [0.25, 0.3) is 0 Å². The fourth-order valence-corrected chi connectivity index (χ4v) is 2.44. The van der Waals surface area contributed by atoms with Crippen LogP contribution < -0.4 is 10.6 Å². The van der Waals surface area contributed by atoms with Crippen LogP contribution in [0, 0.1) is 6.92 Å². The lowest BCUT2D eigenvalue weighted by Gasteiger charge is -2.09.